The van der Waals surface area contributed by atoms with Gasteiger partial charge in [-0.25, -0.2) is 14.6 Å². The second-order valence-electron chi connectivity index (χ2n) is 19.0. The van der Waals surface area contributed by atoms with E-state index in [4.69, 9.17) is 71.3 Å². The van der Waals surface area contributed by atoms with Gasteiger partial charge in [-0.15, -0.1) is 0 Å². The van der Waals surface area contributed by atoms with Crippen molar-refractivity contribution in [3.05, 3.63) is 164 Å². The number of carbonyl (C=O) groups excluding carboxylic acids is 2. The van der Waals surface area contributed by atoms with E-state index in [1.165, 1.54) is 35.5 Å². The largest absolute Gasteiger partial charge is 0.493 e. The van der Waals surface area contributed by atoms with Crippen LogP contribution in [0.15, 0.2) is 113 Å². The Bertz CT molecular complexity index is 3940. The zero-order valence-electron chi connectivity index (χ0n) is 49.1. The Labute approximate surface area is 484 Å². The van der Waals surface area contributed by atoms with Crippen LogP contribution >= 0.6 is 0 Å². The second-order valence-corrected chi connectivity index (χ2v) is 19.0. The SMILES string of the molecule is CCOC(=O)C1=C(C(=O)OCC)C2(c3cc(OC)c(OC)c(OC)c3)c3ccc([nH]3)/C(c3cc(OC)c(OC)c(OC)c3)=C3/C=CC(=N3)/C(c3cc(OC)c(OC)c(OC)c3)=c3/cc/c([nH]3)=C(\c3cc(OC)c(OC)c(OC)c3)c3cc2n1c3. The quantitative estimate of drug-likeness (QED) is 0.0689. The molecule has 2 N–H and O–H groups in total. The van der Waals surface area contributed by atoms with Crippen molar-refractivity contribution in [2.75, 3.05) is 98.5 Å². The van der Waals surface area contributed by atoms with E-state index in [9.17, 15) is 0 Å². The minimum Gasteiger partial charge on any atom is -0.493 e. The highest BCUT2D eigenvalue weighted by Gasteiger charge is 2.56. The van der Waals surface area contributed by atoms with Crippen molar-refractivity contribution < 1.29 is 75.9 Å². The summed E-state index contributed by atoms with van der Waals surface area (Å²) in [6, 6.07) is 24.1. The summed E-state index contributed by atoms with van der Waals surface area (Å²) in [4.78, 5) is 43.8. The Morgan fingerprint density at radius 1 is 0.464 bits per heavy atom. The fourth-order valence-electron chi connectivity index (χ4n) is 11.5. The average Bonchev–Trinajstić information content (AvgIpc) is 1.58. The third kappa shape index (κ3) is 9.13. The fraction of sp³-hybridized carbons (Fsp3) is 0.266. The molecular weight excluding hydrogens is 1080 g/mol. The number of hydrogen-bond acceptors (Lipinski definition) is 17. The predicted molar refractivity (Wildman–Crippen MR) is 313 cm³/mol. The van der Waals surface area contributed by atoms with Crippen LogP contribution in [0.4, 0.5) is 0 Å². The summed E-state index contributed by atoms with van der Waals surface area (Å²) < 4.78 is 85.0. The van der Waals surface area contributed by atoms with Gasteiger partial charge in [0.15, 0.2) is 46.0 Å². The molecule has 0 spiro atoms. The summed E-state index contributed by atoms with van der Waals surface area (Å²) in [6.07, 6.45) is 5.63. The van der Waals surface area contributed by atoms with Gasteiger partial charge in [-0.2, -0.15) is 0 Å². The molecule has 20 nitrogen and oxygen atoms in total. The molecule has 1 unspecified atom stereocenters. The van der Waals surface area contributed by atoms with E-state index in [1.807, 2.05) is 78.9 Å². The maximum atomic E-state index is 15.5. The number of fused-ring (bicyclic) bond motifs is 7. The number of ether oxygens (including phenoxy) is 14. The lowest BCUT2D eigenvalue weighted by Crippen LogP contribution is -2.35. The van der Waals surface area contributed by atoms with Crippen molar-refractivity contribution in [3.8, 4) is 69.0 Å². The molecule has 0 aliphatic carbocycles. The van der Waals surface area contributed by atoms with Crippen molar-refractivity contribution in [2.45, 2.75) is 19.3 Å². The number of allylic oxidation sites excluding steroid dienone is 2. The highest BCUT2D eigenvalue weighted by Crippen LogP contribution is 2.57. The first-order valence-electron chi connectivity index (χ1n) is 26.5. The molecule has 0 radical (unpaired) electrons. The molecule has 20 heteroatoms. The number of hydrogen-bond donors (Lipinski definition) is 2. The van der Waals surface area contributed by atoms with E-state index in [-0.39, 0.29) is 41.7 Å². The van der Waals surface area contributed by atoms with E-state index in [2.05, 4.69) is 9.97 Å². The maximum absolute atomic E-state index is 15.5. The molecule has 84 heavy (non-hydrogen) atoms. The minimum atomic E-state index is -1.81. The van der Waals surface area contributed by atoms with Crippen molar-refractivity contribution >= 4 is 40.1 Å². The highest BCUT2D eigenvalue weighted by atomic mass is 16.6. The number of nitrogens with zero attached hydrogens (tertiary/aromatic N) is 2. The van der Waals surface area contributed by atoms with Crippen LogP contribution in [0.3, 0.4) is 0 Å². The Kier molecular flexibility index (Phi) is 15.9. The number of carbonyl (C=O) groups is 2. The predicted octanol–water partition coefficient (Wildman–Crippen LogP) is 8.16. The third-order valence-corrected chi connectivity index (χ3v) is 15.0. The van der Waals surface area contributed by atoms with Crippen LogP contribution in [-0.2, 0) is 24.5 Å². The van der Waals surface area contributed by atoms with Gasteiger partial charge in [0.05, 0.1) is 116 Å². The van der Waals surface area contributed by atoms with E-state index in [0.717, 1.165) is 0 Å². The van der Waals surface area contributed by atoms with Crippen molar-refractivity contribution in [3.63, 3.8) is 0 Å². The molecule has 8 bridgehead atoms. The summed E-state index contributed by atoms with van der Waals surface area (Å²) in [5.41, 5.74) is 4.96. The van der Waals surface area contributed by atoms with Gasteiger partial charge in [0.2, 0.25) is 23.0 Å². The number of aromatic amines is 2. The number of esters is 2. The molecule has 6 heterocycles. The van der Waals surface area contributed by atoms with Gasteiger partial charge in [0.25, 0.3) is 0 Å². The Hall–Kier alpha value is -10.1. The number of aromatic nitrogens is 3. The zero-order valence-corrected chi connectivity index (χ0v) is 49.1. The van der Waals surface area contributed by atoms with Gasteiger partial charge in [-0.05, 0) is 127 Å². The molecule has 0 fully saturated rings. The third-order valence-electron chi connectivity index (χ3n) is 15.0. The summed E-state index contributed by atoms with van der Waals surface area (Å²) in [5.74, 6) is 2.58. The van der Waals surface area contributed by atoms with Gasteiger partial charge in [-0.3, -0.25) is 0 Å². The molecule has 10 rings (SSSR count). The Balaban J connectivity index is 1.49. The fourth-order valence-corrected chi connectivity index (χ4v) is 11.5. The van der Waals surface area contributed by atoms with Crippen LogP contribution in [-0.4, -0.2) is 131 Å². The van der Waals surface area contributed by atoms with Gasteiger partial charge in [-0.1, -0.05) is 0 Å². The molecule has 7 aromatic rings. The number of H-pyrrole nitrogens is 2. The molecule has 0 saturated heterocycles. The average molecular weight is 1150 g/mol. The smallest absolute Gasteiger partial charge is 0.355 e. The minimum absolute atomic E-state index is 0.0354. The maximum Gasteiger partial charge on any atom is 0.355 e. The molecule has 0 amide bonds. The first-order chi connectivity index (χ1) is 40.8. The normalized spacial score (nSPS) is 17.0. The first kappa shape index (κ1) is 57.1. The molecule has 0 saturated carbocycles. The summed E-state index contributed by atoms with van der Waals surface area (Å²) >= 11 is 0. The topological polar surface area (TPSA) is 212 Å². The number of methoxy groups -OCH3 is 12. The van der Waals surface area contributed by atoms with Crippen LogP contribution in [0.1, 0.15) is 58.7 Å². The summed E-state index contributed by atoms with van der Waals surface area (Å²) in [6.45, 7) is 3.31. The standard InChI is InChI=1S/C64H64N4O16/c1-15-83-62(69)56-57(63(70)84-16-2)68-32-36-29-52(68)64(56,37-30-49(77-9)61(82-14)50(31-37)78-10)51-22-21-42(67-51)55(35-27-47(75-7)60(81-13)48(28-35)76-8)41-20-19-40(66-41)54(34-25-45(73-5)59(80-12)46(26-34)74-6)39-18-17-38(65-39)53(36)33-23-43(71-3)58(79-11)44(24-33)72-4/h17-32,65,67H,15-16H2,1-14H3/b53-38-,54-39-,55-41-. The molecule has 3 aliphatic heterocycles. The Morgan fingerprint density at radius 3 is 1.35 bits per heavy atom. The van der Waals surface area contributed by atoms with E-state index < -0.39 is 17.4 Å². The van der Waals surface area contributed by atoms with Crippen LogP contribution in [0.25, 0.3) is 22.4 Å². The van der Waals surface area contributed by atoms with E-state index in [1.54, 1.807) is 86.5 Å². The summed E-state index contributed by atoms with van der Waals surface area (Å²) in [5, 5.41) is 1.21. The number of rotatable bonds is 20. The zero-order chi connectivity index (χ0) is 59.7. The molecule has 1 atom stereocenters. The lowest BCUT2D eigenvalue weighted by Gasteiger charge is -2.32. The van der Waals surface area contributed by atoms with E-state index >= 15 is 9.59 Å². The molecule has 3 aliphatic rings. The molecular formula is C64H64N4O16. The van der Waals surface area contributed by atoms with Gasteiger partial charge >= 0.3 is 11.9 Å². The summed E-state index contributed by atoms with van der Waals surface area (Å²) in [7, 11) is 18.4. The van der Waals surface area contributed by atoms with Crippen molar-refractivity contribution in [2.24, 2.45) is 4.99 Å². The second kappa shape index (κ2) is 23.4. The van der Waals surface area contributed by atoms with Crippen molar-refractivity contribution in [1.29, 1.82) is 0 Å². The Morgan fingerprint density at radius 2 is 0.893 bits per heavy atom. The molecule has 4 aromatic carbocycles. The van der Waals surface area contributed by atoms with E-state index in [0.29, 0.717) is 135 Å². The van der Waals surface area contributed by atoms with Crippen LogP contribution < -0.4 is 67.5 Å². The van der Waals surface area contributed by atoms with Gasteiger partial charge in [0, 0.05) is 56.3 Å². The molecule has 436 valence electrons. The molecule has 3 aromatic heterocycles. The van der Waals surface area contributed by atoms with Crippen LogP contribution in [0.5, 0.6) is 69.0 Å². The lowest BCUT2D eigenvalue weighted by atomic mass is 9.69. The van der Waals surface area contributed by atoms with Crippen LogP contribution in [0, 0.1) is 0 Å². The number of benzene rings is 4. The number of aliphatic imine (C=N–C) groups is 1. The highest BCUT2D eigenvalue weighted by molar-refractivity contribution is 6.30. The number of nitrogens with one attached hydrogen (secondary N) is 2. The van der Waals surface area contributed by atoms with Crippen molar-refractivity contribution in [1.82, 2.24) is 14.5 Å². The lowest BCUT2D eigenvalue weighted by molar-refractivity contribution is -0.140. The van der Waals surface area contributed by atoms with Crippen LogP contribution in [0.2, 0.25) is 0 Å². The first-order valence-corrected chi connectivity index (χ1v) is 26.5. The van der Waals surface area contributed by atoms with Gasteiger partial charge < -0.3 is 80.9 Å². The van der Waals surface area contributed by atoms with Gasteiger partial charge in [0.1, 0.15) is 11.1 Å². The monoisotopic (exact) mass is 1140 g/mol.